The van der Waals surface area contributed by atoms with Crippen molar-refractivity contribution < 1.29 is 17.9 Å². The fourth-order valence-electron chi connectivity index (χ4n) is 3.75. The van der Waals surface area contributed by atoms with Crippen LogP contribution in [0, 0.1) is 11.3 Å². The molecule has 0 bridgehead atoms. The number of aromatic nitrogens is 2. The molecule has 160 valence electrons. The van der Waals surface area contributed by atoms with Crippen molar-refractivity contribution in [1.82, 2.24) is 14.1 Å². The number of ether oxygens (including phenoxy) is 1. The predicted molar refractivity (Wildman–Crippen MR) is 110 cm³/mol. The van der Waals surface area contributed by atoms with Crippen LogP contribution in [0.2, 0.25) is 0 Å². The van der Waals surface area contributed by atoms with Gasteiger partial charge in [-0.1, -0.05) is 25.5 Å². The Kier molecular flexibility index (Phi) is 6.90. The average molecular weight is 431 g/mol. The van der Waals surface area contributed by atoms with Gasteiger partial charge in [0.2, 0.25) is 10.0 Å². The van der Waals surface area contributed by atoms with Gasteiger partial charge in [-0.25, -0.2) is 13.2 Å². The number of benzene rings is 1. The third kappa shape index (κ3) is 4.40. The first-order valence-corrected chi connectivity index (χ1v) is 11.6. The van der Waals surface area contributed by atoms with Gasteiger partial charge in [0.1, 0.15) is 6.07 Å². The Balaban J connectivity index is 1.78. The topological polar surface area (TPSA) is 105 Å². The lowest BCUT2D eigenvalue weighted by molar-refractivity contribution is 0.0517. The molecule has 0 saturated carbocycles. The SMILES string of the molecule is CCCc1cc(C(=O)OCC)nn1C1CCN(S(=O)(=O)c2ccccc2C#N)CC1. The zero-order valence-electron chi connectivity index (χ0n) is 17.2. The fourth-order valence-corrected chi connectivity index (χ4v) is 5.36. The first-order valence-electron chi connectivity index (χ1n) is 10.2. The first kappa shape index (κ1) is 22.0. The third-order valence-corrected chi connectivity index (χ3v) is 7.16. The van der Waals surface area contributed by atoms with Crippen molar-refractivity contribution in [3.63, 3.8) is 0 Å². The minimum Gasteiger partial charge on any atom is -0.461 e. The Hall–Kier alpha value is -2.70. The molecule has 2 aromatic rings. The number of carbonyl (C=O) groups excluding carboxylic acids is 1. The summed E-state index contributed by atoms with van der Waals surface area (Å²) in [6.45, 7) is 4.75. The highest BCUT2D eigenvalue weighted by Crippen LogP contribution is 2.29. The molecule has 9 heteroatoms. The normalized spacial score (nSPS) is 15.6. The molecule has 2 heterocycles. The maximum absolute atomic E-state index is 13.0. The van der Waals surface area contributed by atoms with Crippen molar-refractivity contribution >= 4 is 16.0 Å². The molecular weight excluding hydrogens is 404 g/mol. The molecule has 0 atom stereocenters. The third-order valence-electron chi connectivity index (χ3n) is 5.20. The van der Waals surface area contributed by atoms with Crippen molar-refractivity contribution in [3.05, 3.63) is 47.3 Å². The van der Waals surface area contributed by atoms with E-state index < -0.39 is 16.0 Å². The smallest absolute Gasteiger partial charge is 0.358 e. The zero-order chi connectivity index (χ0) is 21.7. The van der Waals surface area contributed by atoms with Crippen LogP contribution in [0.15, 0.2) is 35.2 Å². The van der Waals surface area contributed by atoms with E-state index in [4.69, 9.17) is 4.74 Å². The van der Waals surface area contributed by atoms with Crippen molar-refractivity contribution in [1.29, 1.82) is 5.26 Å². The average Bonchev–Trinajstić information content (AvgIpc) is 3.18. The van der Waals surface area contributed by atoms with E-state index in [1.165, 1.54) is 16.4 Å². The Labute approximate surface area is 177 Å². The molecule has 1 aromatic carbocycles. The number of nitrogens with zero attached hydrogens (tertiary/aromatic N) is 4. The van der Waals surface area contributed by atoms with Gasteiger partial charge in [-0.3, -0.25) is 4.68 Å². The van der Waals surface area contributed by atoms with Gasteiger partial charge in [0.05, 0.1) is 23.1 Å². The molecule has 8 nitrogen and oxygen atoms in total. The van der Waals surface area contributed by atoms with Crippen LogP contribution in [0.3, 0.4) is 0 Å². The van der Waals surface area contributed by atoms with Gasteiger partial charge in [0, 0.05) is 18.8 Å². The van der Waals surface area contributed by atoms with E-state index in [0.717, 1.165) is 18.5 Å². The minimum atomic E-state index is -3.74. The molecule has 1 fully saturated rings. The lowest BCUT2D eigenvalue weighted by Gasteiger charge is -2.32. The fraction of sp³-hybridized carbons (Fsp3) is 0.476. The molecule has 0 N–H and O–H groups in total. The second-order valence-electron chi connectivity index (χ2n) is 7.18. The molecular formula is C21H26N4O4S. The van der Waals surface area contributed by atoms with E-state index in [-0.39, 0.29) is 23.1 Å². The van der Waals surface area contributed by atoms with E-state index in [1.807, 2.05) is 10.8 Å². The van der Waals surface area contributed by atoms with Gasteiger partial charge in [0.15, 0.2) is 5.69 Å². The summed E-state index contributed by atoms with van der Waals surface area (Å²) in [6.07, 6.45) is 2.84. The highest BCUT2D eigenvalue weighted by molar-refractivity contribution is 7.89. The van der Waals surface area contributed by atoms with E-state index in [9.17, 15) is 18.5 Å². The number of piperidine rings is 1. The Morgan fingerprint density at radius 3 is 2.60 bits per heavy atom. The number of carbonyl (C=O) groups is 1. The highest BCUT2D eigenvalue weighted by atomic mass is 32.2. The van der Waals surface area contributed by atoms with E-state index >= 15 is 0 Å². The number of hydrogen-bond donors (Lipinski definition) is 0. The van der Waals surface area contributed by atoms with Gasteiger partial charge >= 0.3 is 5.97 Å². The molecule has 1 saturated heterocycles. The lowest BCUT2D eigenvalue weighted by atomic mass is 10.1. The van der Waals surface area contributed by atoms with Crippen LogP contribution in [0.4, 0.5) is 0 Å². The molecule has 0 aliphatic carbocycles. The van der Waals surface area contributed by atoms with Crippen LogP contribution in [0.25, 0.3) is 0 Å². The maximum atomic E-state index is 13.0. The summed E-state index contributed by atoms with van der Waals surface area (Å²) >= 11 is 0. The van der Waals surface area contributed by atoms with Crippen LogP contribution >= 0.6 is 0 Å². The Morgan fingerprint density at radius 2 is 1.97 bits per heavy atom. The van der Waals surface area contributed by atoms with Gasteiger partial charge < -0.3 is 4.74 Å². The van der Waals surface area contributed by atoms with E-state index in [2.05, 4.69) is 12.0 Å². The molecule has 1 aliphatic heterocycles. The second kappa shape index (κ2) is 9.41. The molecule has 1 aromatic heterocycles. The van der Waals surface area contributed by atoms with Gasteiger partial charge in [-0.05, 0) is 44.4 Å². The van der Waals surface area contributed by atoms with Gasteiger partial charge in [0.25, 0.3) is 0 Å². The summed E-state index contributed by atoms with van der Waals surface area (Å²) in [4.78, 5) is 12.1. The number of hydrogen-bond acceptors (Lipinski definition) is 6. The quantitative estimate of drug-likeness (QED) is 0.626. The number of nitriles is 1. The standard InChI is InChI=1S/C21H26N4O4S/c1-3-7-18-14-19(21(26)29-4-2)23-25(18)17-10-12-24(13-11-17)30(27,28)20-9-6-5-8-16(20)15-22/h5-6,8-9,14,17H,3-4,7,10-13H2,1-2H3. The molecule has 0 radical (unpaired) electrons. The van der Waals surface area contributed by atoms with Crippen LogP contribution in [-0.4, -0.2) is 48.2 Å². The Bertz CT molecular complexity index is 1050. The number of rotatable bonds is 7. The van der Waals surface area contributed by atoms with Gasteiger partial charge in [-0.15, -0.1) is 0 Å². The van der Waals surface area contributed by atoms with Crippen LogP contribution in [0.1, 0.15) is 60.9 Å². The van der Waals surface area contributed by atoms with E-state index in [1.54, 1.807) is 25.1 Å². The van der Waals surface area contributed by atoms with Crippen molar-refractivity contribution in [2.24, 2.45) is 0 Å². The molecule has 30 heavy (non-hydrogen) atoms. The molecule has 0 spiro atoms. The highest BCUT2D eigenvalue weighted by Gasteiger charge is 2.32. The van der Waals surface area contributed by atoms with Crippen molar-refractivity contribution in [2.75, 3.05) is 19.7 Å². The maximum Gasteiger partial charge on any atom is 0.358 e. The summed E-state index contributed by atoms with van der Waals surface area (Å²) in [7, 11) is -3.74. The summed E-state index contributed by atoms with van der Waals surface area (Å²) in [5.41, 5.74) is 1.39. The Morgan fingerprint density at radius 1 is 1.27 bits per heavy atom. The van der Waals surface area contributed by atoms with Crippen LogP contribution < -0.4 is 0 Å². The molecule has 1 aliphatic rings. The largest absolute Gasteiger partial charge is 0.461 e. The predicted octanol–water partition coefficient (Wildman–Crippen LogP) is 2.91. The first-order chi connectivity index (χ1) is 14.4. The number of sulfonamides is 1. The van der Waals surface area contributed by atoms with Crippen molar-refractivity contribution in [2.45, 2.75) is 50.5 Å². The monoisotopic (exact) mass is 430 g/mol. The summed E-state index contributed by atoms with van der Waals surface area (Å²) in [6, 6.07) is 9.99. The van der Waals surface area contributed by atoms with Crippen LogP contribution in [0.5, 0.6) is 0 Å². The summed E-state index contributed by atoms with van der Waals surface area (Å²) in [5, 5.41) is 13.7. The molecule has 3 rings (SSSR count). The molecule has 0 amide bonds. The summed E-state index contributed by atoms with van der Waals surface area (Å²) < 4.78 is 34.4. The molecule has 0 unspecified atom stereocenters. The minimum absolute atomic E-state index is 0.00684. The second-order valence-corrected chi connectivity index (χ2v) is 9.09. The van der Waals surface area contributed by atoms with Crippen molar-refractivity contribution in [3.8, 4) is 6.07 Å². The van der Waals surface area contributed by atoms with Crippen LogP contribution in [-0.2, 0) is 21.2 Å². The lowest BCUT2D eigenvalue weighted by Crippen LogP contribution is -2.39. The zero-order valence-corrected chi connectivity index (χ0v) is 18.1. The summed E-state index contributed by atoms with van der Waals surface area (Å²) in [5.74, 6) is -0.443. The van der Waals surface area contributed by atoms with Gasteiger partial charge in [-0.2, -0.15) is 14.7 Å². The van der Waals surface area contributed by atoms with E-state index in [0.29, 0.717) is 31.6 Å². The number of esters is 1. The number of aryl methyl sites for hydroxylation is 1.